The zero-order valence-electron chi connectivity index (χ0n) is 23.7. The molecule has 1 aromatic rings. The number of amides is 1. The largest absolute Gasteiger partial charge is 0.510 e. The number of likely N-dealkylation sites (N-methyl/N-ethyl adjacent to an activating group) is 1. The molecule has 0 heterocycles. The van der Waals surface area contributed by atoms with Gasteiger partial charge in [0, 0.05) is 23.6 Å². The average Bonchev–Trinajstić information content (AvgIpc) is 3.61. The first kappa shape index (κ1) is 30.1. The number of fused-ring (bicyclic) bond motifs is 3. The van der Waals surface area contributed by atoms with Gasteiger partial charge in [0.25, 0.3) is 5.91 Å². The van der Waals surface area contributed by atoms with Crippen LogP contribution in [0.4, 0.5) is 13.2 Å². The van der Waals surface area contributed by atoms with Crippen LogP contribution in [0.25, 0.3) is 0 Å². The van der Waals surface area contributed by atoms with Gasteiger partial charge < -0.3 is 26.2 Å². The highest BCUT2D eigenvalue weighted by Crippen LogP contribution is 2.54. The number of nitrogens with two attached hydrogens (primary N) is 1. The lowest BCUT2D eigenvalue weighted by molar-refractivity contribution is -0.148. The summed E-state index contributed by atoms with van der Waals surface area (Å²) in [6, 6.07) is -0.318. The number of primary amides is 1. The molecular formula is C29H34F3N3O7. The summed E-state index contributed by atoms with van der Waals surface area (Å²) in [7, 11) is 2.94. The maximum Gasteiger partial charge on any atom is 0.417 e. The molecule has 228 valence electrons. The van der Waals surface area contributed by atoms with Gasteiger partial charge in [-0.3, -0.25) is 24.2 Å². The number of nitrogens with zero attached hydrogens (tertiary/aromatic N) is 2. The van der Waals surface area contributed by atoms with E-state index in [2.05, 4.69) is 0 Å². The fourth-order valence-electron chi connectivity index (χ4n) is 7.26. The van der Waals surface area contributed by atoms with E-state index < -0.39 is 98.7 Å². The van der Waals surface area contributed by atoms with E-state index in [9.17, 15) is 48.0 Å². The lowest BCUT2D eigenvalue weighted by atomic mass is 9.58. The number of hydrogen-bond donors (Lipinski definition) is 5. The molecule has 6 N–H and O–H groups in total. The molecule has 13 heteroatoms. The Bertz CT molecular complexity index is 1480. The van der Waals surface area contributed by atoms with Gasteiger partial charge in [-0.1, -0.05) is 6.92 Å². The number of allylic oxidation sites excluding steroid dienone is 1. The monoisotopic (exact) mass is 593 g/mol. The molecule has 0 spiro atoms. The Morgan fingerprint density at radius 2 is 1.79 bits per heavy atom. The number of hydrogen-bond acceptors (Lipinski definition) is 9. The fourth-order valence-corrected chi connectivity index (χ4v) is 7.26. The van der Waals surface area contributed by atoms with Crippen LogP contribution in [0.15, 0.2) is 28.7 Å². The number of aromatic hydroxyl groups is 1. The number of alkyl halides is 3. The molecule has 4 aliphatic carbocycles. The number of halogens is 3. The van der Waals surface area contributed by atoms with E-state index in [1.54, 1.807) is 0 Å². The van der Waals surface area contributed by atoms with Gasteiger partial charge in [-0.2, -0.15) is 13.2 Å². The minimum absolute atomic E-state index is 0.108. The number of carbonyl (C=O) groups excluding carboxylic acids is 3. The third-order valence-electron chi connectivity index (χ3n) is 9.57. The van der Waals surface area contributed by atoms with E-state index in [1.807, 2.05) is 18.7 Å². The summed E-state index contributed by atoms with van der Waals surface area (Å²) >= 11 is 0. The highest BCUT2D eigenvalue weighted by molar-refractivity contribution is 6.24. The van der Waals surface area contributed by atoms with Crippen molar-refractivity contribution in [2.24, 2.45) is 17.6 Å². The van der Waals surface area contributed by atoms with Gasteiger partial charge in [0.05, 0.1) is 17.2 Å². The van der Waals surface area contributed by atoms with Crippen LogP contribution in [-0.4, -0.2) is 85.5 Å². The van der Waals surface area contributed by atoms with E-state index in [0.717, 1.165) is 18.9 Å². The summed E-state index contributed by atoms with van der Waals surface area (Å²) in [5, 5.41) is 44.8. The highest BCUT2D eigenvalue weighted by atomic mass is 19.4. The number of aliphatic hydroxyl groups excluding tert-OH is 2. The molecule has 0 aromatic heterocycles. The number of phenolic OH excluding ortho intramolecular Hbond substituents is 1. The zero-order chi connectivity index (χ0) is 31.3. The third kappa shape index (κ3) is 4.15. The van der Waals surface area contributed by atoms with E-state index in [0.29, 0.717) is 6.54 Å². The second kappa shape index (κ2) is 9.55. The summed E-state index contributed by atoms with van der Waals surface area (Å²) in [4.78, 5) is 42.5. The molecule has 0 aliphatic heterocycles. The Morgan fingerprint density at radius 1 is 1.17 bits per heavy atom. The van der Waals surface area contributed by atoms with Crippen LogP contribution < -0.4 is 5.73 Å². The molecule has 1 saturated carbocycles. The Hall–Kier alpha value is -3.42. The van der Waals surface area contributed by atoms with Crippen molar-refractivity contribution in [2.45, 2.75) is 69.4 Å². The van der Waals surface area contributed by atoms with Crippen LogP contribution in [-0.2, 0) is 28.7 Å². The van der Waals surface area contributed by atoms with Crippen molar-refractivity contribution in [3.8, 4) is 5.75 Å². The van der Waals surface area contributed by atoms with E-state index >= 15 is 0 Å². The van der Waals surface area contributed by atoms with Crippen LogP contribution in [0.5, 0.6) is 5.75 Å². The second-order valence-corrected chi connectivity index (χ2v) is 12.3. The summed E-state index contributed by atoms with van der Waals surface area (Å²) < 4.78 is 44.2. The summed E-state index contributed by atoms with van der Waals surface area (Å²) in [5.41, 5.74) is -1.58. The van der Waals surface area contributed by atoms with E-state index in [1.165, 1.54) is 19.0 Å². The van der Waals surface area contributed by atoms with Crippen LogP contribution in [0.2, 0.25) is 0 Å². The topological polar surface area (TPSA) is 165 Å². The van der Waals surface area contributed by atoms with E-state index in [4.69, 9.17) is 5.73 Å². The fraction of sp³-hybridized carbons (Fsp3) is 0.552. The molecule has 42 heavy (non-hydrogen) atoms. The van der Waals surface area contributed by atoms with Crippen molar-refractivity contribution in [3.63, 3.8) is 0 Å². The van der Waals surface area contributed by atoms with Gasteiger partial charge >= 0.3 is 6.18 Å². The summed E-state index contributed by atoms with van der Waals surface area (Å²) in [6.45, 7) is 4.15. The average molecular weight is 594 g/mol. The van der Waals surface area contributed by atoms with Gasteiger partial charge in [0.2, 0.25) is 5.78 Å². The van der Waals surface area contributed by atoms with E-state index in [-0.39, 0.29) is 24.1 Å². The molecule has 1 amide bonds. The summed E-state index contributed by atoms with van der Waals surface area (Å²) in [5.74, 6) is -8.96. The lowest BCUT2D eigenvalue weighted by Crippen LogP contribution is -2.63. The minimum Gasteiger partial charge on any atom is -0.510 e. The van der Waals surface area contributed by atoms with Crippen molar-refractivity contribution in [2.75, 3.05) is 20.6 Å². The van der Waals surface area contributed by atoms with Crippen LogP contribution >= 0.6 is 0 Å². The first-order valence-electron chi connectivity index (χ1n) is 13.7. The smallest absolute Gasteiger partial charge is 0.417 e. The van der Waals surface area contributed by atoms with Gasteiger partial charge in [-0.15, -0.1) is 0 Å². The number of phenols is 1. The molecule has 1 fully saturated rings. The predicted molar refractivity (Wildman–Crippen MR) is 142 cm³/mol. The predicted octanol–water partition coefficient (Wildman–Crippen LogP) is 2.51. The Balaban J connectivity index is 1.70. The standard InChI is InChI=1S/C29H34F3N3O7/c1-5-35(27(2)6-7-27)11-13-10-16(36)18-14(20(13)29(30,31)32)8-12-9-15-21(34(3)4)23(38)19(26(33)41)25(40)28(15,42)24(39)17(12)22(18)37/h10,12,15,21,36,38-39,42H,5-9,11H2,1-4H3,(H2,33,41)/t12-,15-,21-,28-/m0/s1. The van der Waals surface area contributed by atoms with Crippen LogP contribution in [0.1, 0.15) is 60.2 Å². The molecule has 4 aliphatic rings. The minimum atomic E-state index is -4.89. The molecule has 0 saturated heterocycles. The SMILES string of the molecule is CCN(Cc1cc(O)c2c(c1C(F)(F)F)C[C@H]1C[C@H]3[C@H](N(C)C)C(O)=C(C(N)=O)C(=O)[C@@]3(O)C(O)=C1C2=O)C1(C)CC1. The van der Waals surface area contributed by atoms with Gasteiger partial charge in [-0.25, -0.2) is 0 Å². The van der Waals surface area contributed by atoms with Crippen molar-refractivity contribution in [1.29, 1.82) is 0 Å². The number of aliphatic hydroxyl groups is 3. The van der Waals surface area contributed by atoms with Crippen molar-refractivity contribution in [1.82, 2.24) is 9.80 Å². The van der Waals surface area contributed by atoms with Crippen molar-refractivity contribution >= 4 is 17.5 Å². The molecular weight excluding hydrogens is 559 g/mol. The van der Waals surface area contributed by atoms with Gasteiger partial charge in [-0.05, 0) is 76.4 Å². The van der Waals surface area contributed by atoms with Gasteiger partial charge in [0.15, 0.2) is 11.4 Å². The molecule has 0 unspecified atom stereocenters. The number of carbonyl (C=O) groups is 3. The lowest BCUT2D eigenvalue weighted by Gasteiger charge is -2.50. The number of ketones is 2. The second-order valence-electron chi connectivity index (χ2n) is 12.3. The highest BCUT2D eigenvalue weighted by Gasteiger charge is 2.63. The maximum atomic E-state index is 14.7. The van der Waals surface area contributed by atoms with Crippen molar-refractivity contribution < 1.29 is 48.0 Å². The van der Waals surface area contributed by atoms with Gasteiger partial charge in [0.1, 0.15) is 22.8 Å². The third-order valence-corrected chi connectivity index (χ3v) is 9.57. The molecule has 5 rings (SSSR count). The molecule has 4 atom stereocenters. The molecule has 1 aromatic carbocycles. The molecule has 0 bridgehead atoms. The quantitative estimate of drug-likeness (QED) is 0.312. The van der Waals surface area contributed by atoms with Crippen LogP contribution in [0, 0.1) is 11.8 Å². The summed E-state index contributed by atoms with van der Waals surface area (Å²) in [6.07, 6.45) is -3.98. The first-order chi connectivity index (χ1) is 19.4. The molecule has 10 nitrogen and oxygen atoms in total. The zero-order valence-corrected chi connectivity index (χ0v) is 23.7. The number of benzene rings is 1. The van der Waals surface area contributed by atoms with Crippen LogP contribution in [0.3, 0.4) is 0 Å². The first-order valence-corrected chi connectivity index (χ1v) is 13.7. The molecule has 0 radical (unpaired) electrons. The van der Waals surface area contributed by atoms with Crippen molar-refractivity contribution in [3.05, 3.63) is 51.0 Å². The number of rotatable bonds is 6. The maximum absolute atomic E-state index is 14.7. The Labute approximate surface area is 239 Å². The Kier molecular flexibility index (Phi) is 6.83. The Morgan fingerprint density at radius 3 is 2.29 bits per heavy atom. The normalized spacial score (nSPS) is 28.7. The number of Topliss-reactive ketones (excluding diaryl/α,β-unsaturated/α-hetero) is 2.